The molecule has 0 aliphatic rings. The van der Waals surface area contributed by atoms with Crippen LogP contribution in [0.15, 0.2) is 0 Å². The summed E-state index contributed by atoms with van der Waals surface area (Å²) in [4.78, 5) is 9.33. The Kier molecular flexibility index (Phi) is 5.82. The zero-order valence-electron chi connectivity index (χ0n) is 5.47. The molecule has 0 spiro atoms. The van der Waals surface area contributed by atoms with Gasteiger partial charge in [-0.3, -0.25) is 0 Å². The number of halogens is 3. The van der Waals surface area contributed by atoms with Crippen LogP contribution in [0.3, 0.4) is 0 Å². The van der Waals surface area contributed by atoms with Crippen LogP contribution < -0.4 is 0 Å². The van der Waals surface area contributed by atoms with E-state index in [0.29, 0.717) is 0 Å². The van der Waals surface area contributed by atoms with Gasteiger partial charge in [0, 0.05) is 6.42 Å². The fourth-order valence-electron chi connectivity index (χ4n) is 0.484. The first-order valence-electron chi connectivity index (χ1n) is 2.80. The first-order chi connectivity index (χ1) is 5.06. The van der Waals surface area contributed by atoms with Gasteiger partial charge < -0.3 is 9.84 Å². The van der Waals surface area contributed by atoms with E-state index in [1.807, 2.05) is 0 Å². The molecule has 0 aliphatic heterocycles. The molecule has 0 saturated carbocycles. The Bertz CT molecular complexity index is 128. The summed E-state index contributed by atoms with van der Waals surface area (Å²) < 4.78 is 4.33. The van der Waals surface area contributed by atoms with Gasteiger partial charge in [0.05, 0.1) is 5.88 Å². The van der Waals surface area contributed by atoms with Crippen molar-refractivity contribution in [2.75, 3.05) is 5.88 Å². The normalized spacial score (nSPS) is 13.1. The van der Waals surface area contributed by atoms with Gasteiger partial charge >= 0.3 is 6.16 Å². The van der Waals surface area contributed by atoms with Gasteiger partial charge in [0.25, 0.3) is 0 Å². The molecular formula is C5H7Cl3O3. The van der Waals surface area contributed by atoms with Crippen LogP contribution in [-0.2, 0) is 4.74 Å². The average Bonchev–Trinajstić information content (AvgIpc) is 1.84. The van der Waals surface area contributed by atoms with Crippen LogP contribution in [0.25, 0.3) is 0 Å². The molecule has 0 saturated heterocycles. The number of hydrogen-bond acceptors (Lipinski definition) is 2. The summed E-state index contributed by atoms with van der Waals surface area (Å²) in [5.74, 6) is 0.0578. The second kappa shape index (κ2) is 5.75. The standard InChI is InChI=1S/C5H7Cl3O3/c6-2-3(1-4(7)8)11-5(9)10/h3-4H,1-2H2,(H,9,10). The van der Waals surface area contributed by atoms with Crippen molar-refractivity contribution >= 4 is 41.0 Å². The van der Waals surface area contributed by atoms with Crippen molar-refractivity contribution < 1.29 is 14.6 Å². The van der Waals surface area contributed by atoms with Gasteiger partial charge in [0.1, 0.15) is 10.9 Å². The molecule has 1 N–H and O–H groups in total. The third kappa shape index (κ3) is 6.53. The SMILES string of the molecule is O=C(O)OC(CCl)CC(Cl)Cl. The van der Waals surface area contributed by atoms with E-state index in [2.05, 4.69) is 4.74 Å². The van der Waals surface area contributed by atoms with Gasteiger partial charge in [-0.15, -0.1) is 34.8 Å². The Labute approximate surface area is 79.2 Å². The Hall–Kier alpha value is 0.140. The Morgan fingerprint density at radius 2 is 2.09 bits per heavy atom. The van der Waals surface area contributed by atoms with Crippen LogP contribution in [0.2, 0.25) is 0 Å². The van der Waals surface area contributed by atoms with Crippen molar-refractivity contribution in [1.29, 1.82) is 0 Å². The predicted molar refractivity (Wildman–Crippen MR) is 43.7 cm³/mol. The van der Waals surface area contributed by atoms with Crippen LogP contribution in [0.4, 0.5) is 4.79 Å². The number of rotatable bonds is 4. The lowest BCUT2D eigenvalue weighted by molar-refractivity contribution is 0.0585. The molecule has 66 valence electrons. The molecule has 0 bridgehead atoms. The van der Waals surface area contributed by atoms with E-state index in [4.69, 9.17) is 39.9 Å². The van der Waals surface area contributed by atoms with E-state index in [0.717, 1.165) is 0 Å². The molecule has 1 atom stereocenters. The van der Waals surface area contributed by atoms with E-state index < -0.39 is 17.1 Å². The minimum Gasteiger partial charge on any atom is -0.450 e. The van der Waals surface area contributed by atoms with Gasteiger partial charge in [0.2, 0.25) is 0 Å². The molecule has 0 aliphatic carbocycles. The Balaban J connectivity index is 3.66. The largest absolute Gasteiger partial charge is 0.506 e. The number of carboxylic acid groups (broad SMARTS) is 1. The number of alkyl halides is 3. The fourth-order valence-corrected chi connectivity index (χ4v) is 1.07. The van der Waals surface area contributed by atoms with Crippen molar-refractivity contribution in [3.8, 4) is 0 Å². The topological polar surface area (TPSA) is 46.5 Å². The monoisotopic (exact) mass is 220 g/mol. The highest BCUT2D eigenvalue weighted by molar-refractivity contribution is 6.44. The molecule has 0 radical (unpaired) electrons. The van der Waals surface area contributed by atoms with Crippen LogP contribution in [-0.4, -0.2) is 28.1 Å². The molecule has 0 aromatic heterocycles. The van der Waals surface area contributed by atoms with Crippen molar-refractivity contribution in [3.05, 3.63) is 0 Å². The van der Waals surface area contributed by atoms with E-state index in [1.165, 1.54) is 0 Å². The summed E-state index contributed by atoms with van der Waals surface area (Å²) >= 11 is 16.1. The minimum atomic E-state index is -1.37. The lowest BCUT2D eigenvalue weighted by Gasteiger charge is -2.12. The van der Waals surface area contributed by atoms with Crippen LogP contribution in [0.5, 0.6) is 0 Å². The highest BCUT2D eigenvalue weighted by atomic mass is 35.5. The zero-order chi connectivity index (χ0) is 8.85. The lowest BCUT2D eigenvalue weighted by Crippen LogP contribution is -2.20. The summed E-state index contributed by atoms with van der Waals surface area (Å²) in [5.41, 5.74) is 0. The number of ether oxygens (including phenoxy) is 1. The maximum absolute atomic E-state index is 9.98. The second-order valence-corrected chi connectivity index (χ2v) is 3.37. The van der Waals surface area contributed by atoms with E-state index >= 15 is 0 Å². The van der Waals surface area contributed by atoms with Crippen LogP contribution in [0, 0.1) is 0 Å². The maximum atomic E-state index is 9.98. The fraction of sp³-hybridized carbons (Fsp3) is 0.800. The molecule has 11 heavy (non-hydrogen) atoms. The third-order valence-corrected chi connectivity index (χ3v) is 1.58. The van der Waals surface area contributed by atoms with Gasteiger partial charge in [-0.05, 0) is 0 Å². The average molecular weight is 221 g/mol. The number of carbonyl (C=O) groups is 1. The molecule has 0 aromatic rings. The molecule has 0 aromatic carbocycles. The van der Waals surface area contributed by atoms with Gasteiger partial charge in [0.15, 0.2) is 0 Å². The first-order valence-corrected chi connectivity index (χ1v) is 4.20. The summed E-state index contributed by atoms with van der Waals surface area (Å²) in [5, 5.41) is 8.16. The predicted octanol–water partition coefficient (Wildman–Crippen LogP) is 2.48. The summed E-state index contributed by atoms with van der Waals surface area (Å²) in [6.45, 7) is 0. The summed E-state index contributed by atoms with van der Waals surface area (Å²) in [6.07, 6.45) is -1.79. The number of hydrogen-bond donors (Lipinski definition) is 1. The smallest absolute Gasteiger partial charge is 0.450 e. The Morgan fingerprint density at radius 1 is 1.55 bits per heavy atom. The molecule has 0 rings (SSSR count). The van der Waals surface area contributed by atoms with E-state index in [1.54, 1.807) is 0 Å². The van der Waals surface area contributed by atoms with Gasteiger partial charge in [-0.1, -0.05) is 0 Å². The minimum absolute atomic E-state index is 0.0578. The van der Waals surface area contributed by atoms with Crippen molar-refractivity contribution in [3.63, 3.8) is 0 Å². The molecule has 3 nitrogen and oxygen atoms in total. The van der Waals surface area contributed by atoms with E-state index in [-0.39, 0.29) is 12.3 Å². The second-order valence-electron chi connectivity index (χ2n) is 1.79. The zero-order valence-corrected chi connectivity index (χ0v) is 7.73. The summed E-state index contributed by atoms with van der Waals surface area (Å²) in [6, 6.07) is 0. The van der Waals surface area contributed by atoms with E-state index in [9.17, 15) is 4.79 Å². The first kappa shape index (κ1) is 11.1. The van der Waals surface area contributed by atoms with Gasteiger partial charge in [-0.25, -0.2) is 4.79 Å². The van der Waals surface area contributed by atoms with Crippen LogP contribution >= 0.6 is 34.8 Å². The van der Waals surface area contributed by atoms with Crippen molar-refractivity contribution in [1.82, 2.24) is 0 Å². The highest BCUT2D eigenvalue weighted by Gasteiger charge is 2.15. The van der Waals surface area contributed by atoms with Crippen molar-refractivity contribution in [2.24, 2.45) is 0 Å². The highest BCUT2D eigenvalue weighted by Crippen LogP contribution is 2.13. The molecular weight excluding hydrogens is 214 g/mol. The summed E-state index contributed by atoms with van der Waals surface area (Å²) in [7, 11) is 0. The molecule has 0 amide bonds. The molecule has 1 unspecified atom stereocenters. The molecule has 0 fully saturated rings. The lowest BCUT2D eigenvalue weighted by atomic mass is 10.3. The Morgan fingerprint density at radius 3 is 2.36 bits per heavy atom. The molecule has 6 heteroatoms. The van der Waals surface area contributed by atoms with Crippen molar-refractivity contribution in [2.45, 2.75) is 17.4 Å². The quantitative estimate of drug-likeness (QED) is 0.586. The van der Waals surface area contributed by atoms with Gasteiger partial charge in [-0.2, -0.15) is 0 Å². The maximum Gasteiger partial charge on any atom is 0.506 e. The molecule has 0 heterocycles. The third-order valence-electron chi connectivity index (χ3n) is 0.881. The van der Waals surface area contributed by atoms with Crippen LogP contribution in [0.1, 0.15) is 6.42 Å².